The first kappa shape index (κ1) is 14.1. The molecule has 2 atom stereocenters. The Morgan fingerprint density at radius 3 is 2.74 bits per heavy atom. The van der Waals surface area contributed by atoms with Crippen LogP contribution in [0.15, 0.2) is 30.3 Å². The van der Waals surface area contributed by atoms with Gasteiger partial charge in [-0.3, -0.25) is 4.79 Å². The zero-order chi connectivity index (χ0) is 13.7. The summed E-state index contributed by atoms with van der Waals surface area (Å²) >= 11 is 0. The average molecular weight is 261 g/mol. The number of ether oxygens (including phenoxy) is 1. The van der Waals surface area contributed by atoms with E-state index in [1.165, 1.54) is 5.56 Å². The molecule has 1 saturated heterocycles. The summed E-state index contributed by atoms with van der Waals surface area (Å²) in [5, 5.41) is 3.37. The molecule has 2 rings (SSSR count). The van der Waals surface area contributed by atoms with Crippen molar-refractivity contribution >= 4 is 5.97 Å². The molecule has 1 fully saturated rings. The summed E-state index contributed by atoms with van der Waals surface area (Å²) in [4.78, 5) is 12.1. The van der Waals surface area contributed by atoms with Gasteiger partial charge in [0.1, 0.15) is 0 Å². The van der Waals surface area contributed by atoms with Crippen molar-refractivity contribution in [1.29, 1.82) is 0 Å². The van der Waals surface area contributed by atoms with Gasteiger partial charge in [0.25, 0.3) is 0 Å². The smallest absolute Gasteiger partial charge is 0.310 e. The molecule has 1 heterocycles. The van der Waals surface area contributed by atoms with Crippen molar-refractivity contribution in [3.8, 4) is 0 Å². The van der Waals surface area contributed by atoms with Crippen molar-refractivity contribution in [1.82, 2.24) is 5.32 Å². The summed E-state index contributed by atoms with van der Waals surface area (Å²) in [6.45, 7) is 6.12. The SMILES string of the molecule is CCOC(=O)C1CNCC1(CC)Cc1ccccc1. The lowest BCUT2D eigenvalue weighted by Crippen LogP contribution is -2.37. The molecule has 1 aliphatic heterocycles. The number of rotatable bonds is 5. The maximum absolute atomic E-state index is 12.1. The highest BCUT2D eigenvalue weighted by Crippen LogP contribution is 2.39. The number of carbonyl (C=O) groups is 1. The lowest BCUT2D eigenvalue weighted by Gasteiger charge is -2.32. The molecular formula is C16H23NO2. The molecule has 0 saturated carbocycles. The molecule has 19 heavy (non-hydrogen) atoms. The van der Waals surface area contributed by atoms with Gasteiger partial charge in [-0.25, -0.2) is 0 Å². The minimum Gasteiger partial charge on any atom is -0.466 e. The fourth-order valence-electron chi connectivity index (χ4n) is 3.07. The van der Waals surface area contributed by atoms with Gasteiger partial charge in [0, 0.05) is 18.5 Å². The molecule has 1 aromatic rings. The molecule has 3 nitrogen and oxygen atoms in total. The first-order valence-corrected chi connectivity index (χ1v) is 7.13. The van der Waals surface area contributed by atoms with Crippen LogP contribution in [0.1, 0.15) is 25.8 Å². The van der Waals surface area contributed by atoms with Crippen LogP contribution < -0.4 is 5.32 Å². The second-order valence-electron chi connectivity index (χ2n) is 5.31. The van der Waals surface area contributed by atoms with E-state index in [9.17, 15) is 4.79 Å². The van der Waals surface area contributed by atoms with Crippen LogP contribution in [0, 0.1) is 11.3 Å². The Hall–Kier alpha value is -1.35. The minimum atomic E-state index is -0.0507. The Bertz CT molecular complexity index is 418. The van der Waals surface area contributed by atoms with Crippen LogP contribution in [0.3, 0.4) is 0 Å². The zero-order valence-electron chi connectivity index (χ0n) is 11.8. The van der Waals surface area contributed by atoms with E-state index < -0.39 is 0 Å². The molecule has 3 heteroatoms. The topological polar surface area (TPSA) is 38.3 Å². The quantitative estimate of drug-likeness (QED) is 0.827. The summed E-state index contributed by atoms with van der Waals surface area (Å²) in [6.07, 6.45) is 1.92. The predicted octanol–water partition coefficient (Wildman–Crippen LogP) is 2.41. The van der Waals surface area contributed by atoms with Gasteiger partial charge in [-0.2, -0.15) is 0 Å². The van der Waals surface area contributed by atoms with Gasteiger partial charge < -0.3 is 10.1 Å². The van der Waals surface area contributed by atoms with Crippen molar-refractivity contribution in [3.63, 3.8) is 0 Å². The largest absolute Gasteiger partial charge is 0.466 e. The zero-order valence-corrected chi connectivity index (χ0v) is 11.8. The van der Waals surface area contributed by atoms with Crippen molar-refractivity contribution in [2.24, 2.45) is 11.3 Å². The molecule has 0 amide bonds. The van der Waals surface area contributed by atoms with Gasteiger partial charge in [0.15, 0.2) is 0 Å². The molecular weight excluding hydrogens is 238 g/mol. The van der Waals surface area contributed by atoms with Gasteiger partial charge in [-0.1, -0.05) is 37.3 Å². The number of hydrogen-bond donors (Lipinski definition) is 1. The van der Waals surface area contributed by atoms with Crippen LogP contribution >= 0.6 is 0 Å². The highest BCUT2D eigenvalue weighted by molar-refractivity contribution is 5.74. The highest BCUT2D eigenvalue weighted by atomic mass is 16.5. The monoisotopic (exact) mass is 261 g/mol. The standard InChI is InChI=1S/C16H23NO2/c1-3-16(10-13-8-6-5-7-9-13)12-17-11-14(16)15(18)19-4-2/h5-9,14,17H,3-4,10-12H2,1-2H3. The number of carbonyl (C=O) groups excluding carboxylic acids is 1. The molecule has 0 bridgehead atoms. The van der Waals surface area contributed by atoms with E-state index in [4.69, 9.17) is 4.74 Å². The minimum absolute atomic E-state index is 0.00634. The van der Waals surface area contributed by atoms with Crippen molar-refractivity contribution < 1.29 is 9.53 Å². The Labute approximate surface area is 115 Å². The molecule has 0 radical (unpaired) electrons. The molecule has 0 spiro atoms. The lowest BCUT2D eigenvalue weighted by atomic mass is 9.71. The van der Waals surface area contributed by atoms with E-state index in [0.29, 0.717) is 6.61 Å². The Morgan fingerprint density at radius 1 is 1.37 bits per heavy atom. The Morgan fingerprint density at radius 2 is 2.11 bits per heavy atom. The van der Waals surface area contributed by atoms with E-state index in [0.717, 1.165) is 25.9 Å². The molecule has 0 aliphatic carbocycles. The van der Waals surface area contributed by atoms with E-state index in [1.807, 2.05) is 13.0 Å². The maximum atomic E-state index is 12.1. The Balaban J connectivity index is 2.18. The summed E-state index contributed by atoms with van der Waals surface area (Å²) in [5.41, 5.74) is 1.29. The Kier molecular flexibility index (Phi) is 4.59. The van der Waals surface area contributed by atoms with Crippen molar-refractivity contribution in [3.05, 3.63) is 35.9 Å². The van der Waals surface area contributed by atoms with Crippen LogP contribution in [0.2, 0.25) is 0 Å². The van der Waals surface area contributed by atoms with Crippen LogP contribution in [0.25, 0.3) is 0 Å². The van der Waals surface area contributed by atoms with Gasteiger partial charge in [-0.15, -0.1) is 0 Å². The molecule has 1 N–H and O–H groups in total. The third-order valence-corrected chi connectivity index (χ3v) is 4.24. The van der Waals surface area contributed by atoms with Crippen LogP contribution in [-0.2, 0) is 16.0 Å². The van der Waals surface area contributed by atoms with Crippen LogP contribution in [0.4, 0.5) is 0 Å². The van der Waals surface area contributed by atoms with E-state index in [-0.39, 0.29) is 17.3 Å². The van der Waals surface area contributed by atoms with Gasteiger partial charge >= 0.3 is 5.97 Å². The third-order valence-electron chi connectivity index (χ3n) is 4.24. The third kappa shape index (κ3) is 2.98. The summed E-state index contributed by atoms with van der Waals surface area (Å²) in [5.74, 6) is -0.0806. The van der Waals surface area contributed by atoms with E-state index in [1.54, 1.807) is 0 Å². The van der Waals surface area contributed by atoms with Crippen molar-refractivity contribution in [2.45, 2.75) is 26.7 Å². The number of nitrogens with one attached hydrogen (secondary N) is 1. The first-order chi connectivity index (χ1) is 9.22. The second kappa shape index (κ2) is 6.20. The molecule has 2 unspecified atom stereocenters. The van der Waals surface area contributed by atoms with Gasteiger partial charge in [-0.05, 0) is 25.3 Å². The number of esters is 1. The normalized spacial score (nSPS) is 26.3. The second-order valence-corrected chi connectivity index (χ2v) is 5.31. The summed E-state index contributed by atoms with van der Waals surface area (Å²) < 4.78 is 5.24. The molecule has 104 valence electrons. The van der Waals surface area contributed by atoms with Gasteiger partial charge in [0.2, 0.25) is 0 Å². The fourth-order valence-corrected chi connectivity index (χ4v) is 3.07. The first-order valence-electron chi connectivity index (χ1n) is 7.13. The van der Waals surface area contributed by atoms with E-state index in [2.05, 4.69) is 36.5 Å². The molecule has 1 aliphatic rings. The van der Waals surface area contributed by atoms with E-state index >= 15 is 0 Å². The number of hydrogen-bond acceptors (Lipinski definition) is 3. The summed E-state index contributed by atoms with van der Waals surface area (Å²) in [6, 6.07) is 10.4. The highest BCUT2D eigenvalue weighted by Gasteiger charge is 2.46. The predicted molar refractivity (Wildman–Crippen MR) is 75.9 cm³/mol. The van der Waals surface area contributed by atoms with Crippen molar-refractivity contribution in [2.75, 3.05) is 19.7 Å². The average Bonchev–Trinajstić information content (AvgIpc) is 2.84. The van der Waals surface area contributed by atoms with Gasteiger partial charge in [0.05, 0.1) is 12.5 Å². The lowest BCUT2D eigenvalue weighted by molar-refractivity contribution is -0.151. The fraction of sp³-hybridized carbons (Fsp3) is 0.562. The molecule has 0 aromatic heterocycles. The number of benzene rings is 1. The van der Waals surface area contributed by atoms with Crippen LogP contribution in [0.5, 0.6) is 0 Å². The van der Waals surface area contributed by atoms with Crippen LogP contribution in [-0.4, -0.2) is 25.7 Å². The maximum Gasteiger partial charge on any atom is 0.310 e. The summed E-state index contributed by atoms with van der Waals surface area (Å²) in [7, 11) is 0. The molecule has 1 aromatic carbocycles.